The van der Waals surface area contributed by atoms with Crippen LogP contribution < -0.4 is 0 Å². The topological polar surface area (TPSA) is 51.6 Å². The summed E-state index contributed by atoms with van der Waals surface area (Å²) in [5, 5.41) is 0. The predicted octanol–water partition coefficient (Wildman–Crippen LogP) is 2.88. The van der Waals surface area contributed by atoms with Crippen LogP contribution in [0.25, 0.3) is 22.5 Å². The second-order valence-electron chi connectivity index (χ2n) is 3.97. The summed E-state index contributed by atoms with van der Waals surface area (Å²) >= 11 is 0. The number of aromatic nitrogens is 4. The highest BCUT2D eigenvalue weighted by Gasteiger charge is 2.11. The molecule has 3 aromatic rings. The van der Waals surface area contributed by atoms with E-state index >= 15 is 0 Å². The van der Waals surface area contributed by atoms with E-state index in [1.807, 2.05) is 0 Å². The number of rotatable bonds is 2. The van der Waals surface area contributed by atoms with Gasteiger partial charge in [-0.15, -0.1) is 0 Å². The van der Waals surface area contributed by atoms with Crippen molar-refractivity contribution in [2.45, 2.75) is 0 Å². The first-order valence-corrected chi connectivity index (χ1v) is 5.79. The molecule has 0 saturated heterocycles. The molecule has 0 radical (unpaired) electrons. The minimum Gasteiger partial charge on any atom is -0.236 e. The Morgan fingerprint density at radius 1 is 0.700 bits per heavy atom. The fraction of sp³-hybridized carbons (Fsp3) is 0. The van der Waals surface area contributed by atoms with Crippen molar-refractivity contribution in [3.8, 4) is 22.5 Å². The fourth-order valence-corrected chi connectivity index (χ4v) is 1.81. The van der Waals surface area contributed by atoms with E-state index in [4.69, 9.17) is 0 Å². The minimum absolute atomic E-state index is 0.237. The Morgan fingerprint density at radius 2 is 1.20 bits per heavy atom. The first-order chi connectivity index (χ1) is 9.75. The quantitative estimate of drug-likeness (QED) is 0.672. The highest BCUT2D eigenvalue weighted by atomic mass is 19.1. The second-order valence-corrected chi connectivity index (χ2v) is 3.97. The van der Waals surface area contributed by atoms with Crippen molar-refractivity contribution in [1.82, 2.24) is 19.9 Å². The smallest absolute Gasteiger partial charge is 0.222 e. The first kappa shape index (κ1) is 12.3. The Balaban J connectivity index is 2.12. The summed E-state index contributed by atoms with van der Waals surface area (Å²) in [5.41, 5.74) is 1.15. The molecule has 0 unspecified atom stereocenters. The third kappa shape index (κ3) is 2.23. The van der Waals surface area contributed by atoms with Gasteiger partial charge in [0.2, 0.25) is 11.9 Å². The molecule has 0 amide bonds. The van der Waals surface area contributed by atoms with Crippen LogP contribution in [0, 0.1) is 11.9 Å². The lowest BCUT2D eigenvalue weighted by Crippen LogP contribution is -1.95. The molecule has 0 aromatic carbocycles. The standard InChI is InChI=1S/C14H8F2N4/c15-13-9(3-1-5-17-13)11-7-12(20-8-19-11)10-4-2-6-18-14(10)16/h1-8H. The largest absolute Gasteiger partial charge is 0.236 e. The monoisotopic (exact) mass is 270 g/mol. The van der Waals surface area contributed by atoms with Crippen LogP contribution in [0.5, 0.6) is 0 Å². The summed E-state index contributed by atoms with van der Waals surface area (Å²) in [6, 6.07) is 7.80. The normalized spacial score (nSPS) is 10.5. The summed E-state index contributed by atoms with van der Waals surface area (Å²) < 4.78 is 27.3. The van der Waals surface area contributed by atoms with Gasteiger partial charge in [-0.05, 0) is 30.3 Å². The van der Waals surface area contributed by atoms with Crippen molar-refractivity contribution in [2.75, 3.05) is 0 Å². The molecule has 0 saturated carbocycles. The fourth-order valence-electron chi connectivity index (χ4n) is 1.81. The first-order valence-electron chi connectivity index (χ1n) is 5.79. The van der Waals surface area contributed by atoms with Gasteiger partial charge in [0.15, 0.2) is 0 Å². The lowest BCUT2D eigenvalue weighted by molar-refractivity contribution is 0.586. The third-order valence-corrected chi connectivity index (χ3v) is 2.74. The van der Waals surface area contributed by atoms with Crippen molar-refractivity contribution in [3.63, 3.8) is 0 Å². The zero-order chi connectivity index (χ0) is 13.9. The molecule has 0 atom stereocenters. The number of halogens is 2. The predicted molar refractivity (Wildman–Crippen MR) is 68.4 cm³/mol. The van der Waals surface area contributed by atoms with Gasteiger partial charge in [-0.1, -0.05) is 0 Å². The average molecular weight is 270 g/mol. The maximum absolute atomic E-state index is 13.6. The number of hydrogen-bond donors (Lipinski definition) is 0. The van der Waals surface area contributed by atoms with Gasteiger partial charge in [0.1, 0.15) is 6.33 Å². The highest BCUT2D eigenvalue weighted by Crippen LogP contribution is 2.24. The Kier molecular flexibility index (Phi) is 3.12. The SMILES string of the molecule is Fc1ncccc1-c1cc(-c2cccnc2F)ncn1. The summed E-state index contributed by atoms with van der Waals surface area (Å²) in [7, 11) is 0. The molecule has 0 N–H and O–H groups in total. The van der Waals surface area contributed by atoms with Crippen molar-refractivity contribution >= 4 is 0 Å². The number of pyridine rings is 2. The van der Waals surface area contributed by atoms with Gasteiger partial charge < -0.3 is 0 Å². The maximum atomic E-state index is 13.6. The highest BCUT2D eigenvalue weighted by molar-refractivity contribution is 5.66. The van der Waals surface area contributed by atoms with E-state index in [1.165, 1.54) is 24.8 Å². The molecule has 3 aromatic heterocycles. The van der Waals surface area contributed by atoms with E-state index in [-0.39, 0.29) is 11.1 Å². The summed E-state index contributed by atoms with van der Waals surface area (Å²) in [4.78, 5) is 15.1. The summed E-state index contributed by atoms with van der Waals surface area (Å²) in [6.07, 6.45) is 3.95. The molecule has 0 fully saturated rings. The molecule has 20 heavy (non-hydrogen) atoms. The Hall–Kier alpha value is -2.76. The molecule has 3 rings (SSSR count). The summed E-state index contributed by atoms with van der Waals surface area (Å²) in [6.45, 7) is 0. The van der Waals surface area contributed by atoms with Crippen molar-refractivity contribution < 1.29 is 8.78 Å². The molecule has 0 bridgehead atoms. The molecular weight excluding hydrogens is 262 g/mol. The molecular formula is C14H8F2N4. The Morgan fingerprint density at radius 3 is 1.65 bits per heavy atom. The third-order valence-electron chi connectivity index (χ3n) is 2.74. The Labute approximate surface area is 113 Å². The zero-order valence-corrected chi connectivity index (χ0v) is 10.2. The van der Waals surface area contributed by atoms with Crippen LogP contribution in [0.1, 0.15) is 0 Å². The second kappa shape index (κ2) is 5.08. The van der Waals surface area contributed by atoms with Gasteiger partial charge in [0, 0.05) is 12.4 Å². The van der Waals surface area contributed by atoms with Crippen molar-refractivity contribution in [3.05, 3.63) is 60.9 Å². The van der Waals surface area contributed by atoms with Crippen LogP contribution in [-0.4, -0.2) is 19.9 Å². The van der Waals surface area contributed by atoms with E-state index in [0.29, 0.717) is 11.4 Å². The van der Waals surface area contributed by atoms with Crippen LogP contribution in [0.15, 0.2) is 49.1 Å². The van der Waals surface area contributed by atoms with Gasteiger partial charge in [0.05, 0.1) is 22.5 Å². The lowest BCUT2D eigenvalue weighted by atomic mass is 10.1. The molecule has 0 aliphatic carbocycles. The Bertz CT molecular complexity index is 701. The van der Waals surface area contributed by atoms with E-state index in [0.717, 1.165) is 0 Å². The van der Waals surface area contributed by atoms with E-state index < -0.39 is 11.9 Å². The van der Waals surface area contributed by atoms with Gasteiger partial charge in [-0.3, -0.25) is 0 Å². The van der Waals surface area contributed by atoms with Crippen molar-refractivity contribution in [2.24, 2.45) is 0 Å². The zero-order valence-electron chi connectivity index (χ0n) is 10.2. The van der Waals surface area contributed by atoms with Crippen LogP contribution in [0.3, 0.4) is 0 Å². The van der Waals surface area contributed by atoms with Crippen LogP contribution >= 0.6 is 0 Å². The van der Waals surface area contributed by atoms with Crippen LogP contribution in [0.2, 0.25) is 0 Å². The lowest BCUT2D eigenvalue weighted by Gasteiger charge is -2.05. The molecule has 0 spiro atoms. The summed E-state index contributed by atoms with van der Waals surface area (Å²) in [5.74, 6) is -1.27. The minimum atomic E-state index is -0.635. The van der Waals surface area contributed by atoms with E-state index in [1.54, 1.807) is 24.3 Å². The van der Waals surface area contributed by atoms with Gasteiger partial charge in [-0.25, -0.2) is 19.9 Å². The van der Waals surface area contributed by atoms with Crippen LogP contribution in [0.4, 0.5) is 8.78 Å². The average Bonchev–Trinajstić information content (AvgIpc) is 2.48. The van der Waals surface area contributed by atoms with E-state index in [2.05, 4.69) is 19.9 Å². The van der Waals surface area contributed by atoms with E-state index in [9.17, 15) is 8.78 Å². The van der Waals surface area contributed by atoms with Gasteiger partial charge in [0.25, 0.3) is 0 Å². The molecule has 0 aliphatic rings. The molecule has 98 valence electrons. The number of hydrogen-bond acceptors (Lipinski definition) is 4. The molecule has 0 aliphatic heterocycles. The molecule has 3 heterocycles. The van der Waals surface area contributed by atoms with Gasteiger partial charge >= 0.3 is 0 Å². The molecule has 6 heteroatoms. The van der Waals surface area contributed by atoms with Crippen LogP contribution in [-0.2, 0) is 0 Å². The van der Waals surface area contributed by atoms with Gasteiger partial charge in [-0.2, -0.15) is 8.78 Å². The van der Waals surface area contributed by atoms with Crippen molar-refractivity contribution in [1.29, 1.82) is 0 Å². The number of nitrogens with zero attached hydrogens (tertiary/aromatic N) is 4. The molecule has 4 nitrogen and oxygen atoms in total. The maximum Gasteiger partial charge on any atom is 0.222 e.